The number of hydrogen-bond acceptors (Lipinski definition) is 6. The molecule has 2 aromatic rings. The molecule has 5 rings (SSSR count). The smallest absolute Gasteiger partial charge is 0.257 e. The summed E-state index contributed by atoms with van der Waals surface area (Å²) in [5.74, 6) is 1.89. The van der Waals surface area contributed by atoms with Crippen molar-refractivity contribution in [1.82, 2.24) is 29.9 Å². The minimum Gasteiger partial charge on any atom is -0.472 e. The predicted octanol–water partition coefficient (Wildman–Crippen LogP) is 1.06. The molecule has 0 aromatic carbocycles. The van der Waals surface area contributed by atoms with Gasteiger partial charge in [-0.2, -0.15) is 0 Å². The van der Waals surface area contributed by atoms with Gasteiger partial charge in [0.05, 0.1) is 23.8 Å². The van der Waals surface area contributed by atoms with Gasteiger partial charge < -0.3 is 24.1 Å². The van der Waals surface area contributed by atoms with Crippen molar-refractivity contribution in [3.8, 4) is 0 Å². The molecule has 5 heterocycles. The molecule has 2 atom stereocenters. The second kappa shape index (κ2) is 7.54. The first-order valence-corrected chi connectivity index (χ1v) is 10.8. The van der Waals surface area contributed by atoms with Crippen LogP contribution in [0.4, 0.5) is 0 Å². The molecule has 30 heavy (non-hydrogen) atoms. The molecule has 3 aliphatic rings. The zero-order valence-corrected chi connectivity index (χ0v) is 17.3. The minimum atomic E-state index is -0.478. The zero-order valence-electron chi connectivity index (χ0n) is 17.3. The summed E-state index contributed by atoms with van der Waals surface area (Å²) in [5, 5.41) is 11.7. The highest BCUT2D eigenvalue weighted by molar-refractivity contribution is 5.94. The maximum Gasteiger partial charge on any atom is 0.257 e. The fraction of sp³-hybridized carbons (Fsp3) is 0.619. The molecule has 2 saturated heterocycles. The van der Waals surface area contributed by atoms with Gasteiger partial charge in [-0.25, -0.2) is 0 Å². The number of aryl methyl sites for hydroxylation is 1. The molecule has 2 fully saturated rings. The number of piperidine rings is 2. The Labute approximate surface area is 175 Å². The van der Waals surface area contributed by atoms with Crippen LogP contribution >= 0.6 is 0 Å². The van der Waals surface area contributed by atoms with E-state index >= 15 is 0 Å². The molecular formula is C21H28N6O3. The van der Waals surface area contributed by atoms with Crippen LogP contribution in [0.25, 0.3) is 0 Å². The highest BCUT2D eigenvalue weighted by Crippen LogP contribution is 2.42. The van der Waals surface area contributed by atoms with Crippen LogP contribution in [0.3, 0.4) is 0 Å². The Bertz CT molecular complexity index is 939. The topological polar surface area (TPSA) is 96.5 Å². The Hall–Kier alpha value is -2.68. The van der Waals surface area contributed by atoms with E-state index in [2.05, 4.69) is 32.0 Å². The van der Waals surface area contributed by atoms with Gasteiger partial charge in [-0.05, 0) is 45.3 Å². The number of furan rings is 1. The number of nitrogens with zero attached hydrogens (tertiary/aromatic N) is 5. The molecule has 0 aliphatic carbocycles. The summed E-state index contributed by atoms with van der Waals surface area (Å²) >= 11 is 0. The van der Waals surface area contributed by atoms with E-state index < -0.39 is 5.41 Å². The van der Waals surface area contributed by atoms with Crippen LogP contribution in [-0.4, -0.2) is 69.1 Å². The molecule has 0 saturated carbocycles. The normalized spacial score (nSPS) is 26.3. The van der Waals surface area contributed by atoms with Crippen LogP contribution in [0.5, 0.6) is 0 Å². The lowest BCUT2D eigenvalue weighted by atomic mass is 9.67. The minimum absolute atomic E-state index is 0.0000319. The van der Waals surface area contributed by atoms with E-state index in [0.29, 0.717) is 31.6 Å². The lowest BCUT2D eigenvalue weighted by molar-refractivity contribution is -0.143. The lowest BCUT2D eigenvalue weighted by Crippen LogP contribution is -2.65. The first kappa shape index (κ1) is 19.3. The van der Waals surface area contributed by atoms with Gasteiger partial charge in [-0.1, -0.05) is 0 Å². The summed E-state index contributed by atoms with van der Waals surface area (Å²) in [4.78, 5) is 30.4. The number of amides is 2. The van der Waals surface area contributed by atoms with Gasteiger partial charge in [0.25, 0.3) is 5.91 Å². The average molecular weight is 412 g/mol. The quantitative estimate of drug-likeness (QED) is 0.807. The van der Waals surface area contributed by atoms with Gasteiger partial charge in [0.15, 0.2) is 5.82 Å². The molecule has 0 radical (unpaired) electrons. The van der Waals surface area contributed by atoms with E-state index in [4.69, 9.17) is 4.42 Å². The van der Waals surface area contributed by atoms with Crippen LogP contribution in [0, 0.1) is 5.41 Å². The lowest BCUT2D eigenvalue weighted by Gasteiger charge is -2.53. The van der Waals surface area contributed by atoms with Crippen molar-refractivity contribution in [2.75, 3.05) is 26.7 Å². The molecule has 9 nitrogen and oxygen atoms in total. The van der Waals surface area contributed by atoms with E-state index in [1.807, 2.05) is 4.90 Å². The van der Waals surface area contributed by atoms with Crippen molar-refractivity contribution >= 4 is 11.8 Å². The van der Waals surface area contributed by atoms with Crippen molar-refractivity contribution in [3.05, 3.63) is 35.8 Å². The molecule has 160 valence electrons. The van der Waals surface area contributed by atoms with E-state index in [9.17, 15) is 9.59 Å². The second-order valence-electron chi connectivity index (χ2n) is 8.74. The second-order valence-corrected chi connectivity index (χ2v) is 8.74. The molecule has 3 aliphatic heterocycles. The molecule has 9 heteroatoms. The zero-order chi connectivity index (χ0) is 20.7. The number of carbonyl (C=O) groups is 2. The summed E-state index contributed by atoms with van der Waals surface area (Å²) in [6.45, 7) is 3.39. The monoisotopic (exact) mass is 412 g/mol. The fourth-order valence-corrected chi connectivity index (χ4v) is 5.44. The predicted molar refractivity (Wildman–Crippen MR) is 108 cm³/mol. The summed E-state index contributed by atoms with van der Waals surface area (Å²) in [5.41, 5.74) is 0.0830. The standard InChI is InChI=1S/C21H28N6O3/c1-25-8-3-6-21(20(29)22-12-18-24-23-17-4-2-9-27(17)18)7-10-26(13-16(21)25)19(28)15-5-11-30-14-15/h5,11,14,16H,2-4,6-10,12-13H2,1H3,(H,22,29)/t16-,21+/m0/s1. The summed E-state index contributed by atoms with van der Waals surface area (Å²) < 4.78 is 7.20. The SMILES string of the molecule is CN1CCC[C@@]2(C(=O)NCc3nnc4n3CCC4)CCN(C(=O)c3ccoc3)C[C@H]12. The van der Waals surface area contributed by atoms with E-state index in [-0.39, 0.29) is 17.9 Å². The average Bonchev–Trinajstić information content (AvgIpc) is 3.50. The number of aromatic nitrogens is 3. The first-order chi connectivity index (χ1) is 14.6. The number of carbonyl (C=O) groups excluding carboxylic acids is 2. The van der Waals surface area contributed by atoms with Crippen molar-refractivity contribution < 1.29 is 14.0 Å². The Morgan fingerprint density at radius 2 is 2.13 bits per heavy atom. The summed E-state index contributed by atoms with van der Waals surface area (Å²) in [6.07, 6.45) is 7.54. The molecule has 0 unspecified atom stereocenters. The van der Waals surface area contributed by atoms with Crippen molar-refractivity contribution in [3.63, 3.8) is 0 Å². The van der Waals surface area contributed by atoms with Crippen LogP contribution < -0.4 is 5.32 Å². The Balaban J connectivity index is 1.32. The Kier molecular flexibility index (Phi) is 4.85. The number of likely N-dealkylation sites (tertiary alicyclic amines) is 2. The van der Waals surface area contributed by atoms with Crippen LogP contribution in [0.15, 0.2) is 23.0 Å². The van der Waals surface area contributed by atoms with Gasteiger partial charge in [0, 0.05) is 32.1 Å². The number of fused-ring (bicyclic) bond motifs is 2. The number of rotatable bonds is 4. The van der Waals surface area contributed by atoms with Gasteiger partial charge in [0.2, 0.25) is 5.91 Å². The highest BCUT2D eigenvalue weighted by Gasteiger charge is 2.52. The van der Waals surface area contributed by atoms with E-state index in [1.54, 1.807) is 6.07 Å². The fourth-order valence-electron chi connectivity index (χ4n) is 5.44. The number of nitrogens with one attached hydrogen (secondary N) is 1. The van der Waals surface area contributed by atoms with E-state index in [1.165, 1.54) is 12.5 Å². The maximum absolute atomic E-state index is 13.5. The molecule has 2 amide bonds. The molecular weight excluding hydrogens is 384 g/mol. The van der Waals surface area contributed by atoms with Crippen LogP contribution in [0.2, 0.25) is 0 Å². The first-order valence-electron chi connectivity index (χ1n) is 10.8. The highest BCUT2D eigenvalue weighted by atomic mass is 16.3. The van der Waals surface area contributed by atoms with Crippen molar-refractivity contribution in [1.29, 1.82) is 0 Å². The Morgan fingerprint density at radius 1 is 1.23 bits per heavy atom. The van der Waals surface area contributed by atoms with Crippen LogP contribution in [-0.2, 0) is 24.3 Å². The van der Waals surface area contributed by atoms with Gasteiger partial charge in [-0.15, -0.1) is 10.2 Å². The van der Waals surface area contributed by atoms with Crippen LogP contribution in [0.1, 0.15) is 47.7 Å². The summed E-state index contributed by atoms with van der Waals surface area (Å²) in [7, 11) is 2.06. The molecule has 0 spiro atoms. The third kappa shape index (κ3) is 3.12. The molecule has 0 bridgehead atoms. The van der Waals surface area contributed by atoms with Gasteiger partial charge in [0.1, 0.15) is 12.1 Å². The Morgan fingerprint density at radius 3 is 2.97 bits per heavy atom. The van der Waals surface area contributed by atoms with Gasteiger partial charge >= 0.3 is 0 Å². The third-order valence-corrected chi connectivity index (χ3v) is 7.13. The van der Waals surface area contributed by atoms with E-state index in [0.717, 1.165) is 50.4 Å². The van der Waals surface area contributed by atoms with Gasteiger partial charge in [-0.3, -0.25) is 9.59 Å². The third-order valence-electron chi connectivity index (χ3n) is 7.13. The largest absolute Gasteiger partial charge is 0.472 e. The van der Waals surface area contributed by atoms with Crippen molar-refractivity contribution in [2.24, 2.45) is 5.41 Å². The number of hydrogen-bond donors (Lipinski definition) is 1. The molecule has 1 N–H and O–H groups in total. The molecule has 2 aromatic heterocycles. The summed E-state index contributed by atoms with van der Waals surface area (Å²) in [6, 6.07) is 1.69. The number of likely N-dealkylation sites (N-methyl/N-ethyl adjacent to an activating group) is 1. The maximum atomic E-state index is 13.5. The van der Waals surface area contributed by atoms with Crippen molar-refractivity contribution in [2.45, 2.75) is 51.2 Å².